The SMILES string of the molecule is N#Cc1cccc(NC(=O)CSc2nc(-c3ccccc3)c(-c3ccccc3)o2)c1. The van der Waals surface area contributed by atoms with Crippen molar-refractivity contribution in [2.75, 3.05) is 11.1 Å². The van der Waals surface area contributed by atoms with Crippen LogP contribution in [0.25, 0.3) is 22.6 Å². The van der Waals surface area contributed by atoms with Crippen LogP contribution >= 0.6 is 11.8 Å². The molecule has 5 nitrogen and oxygen atoms in total. The Morgan fingerprint density at radius 1 is 0.967 bits per heavy atom. The highest BCUT2D eigenvalue weighted by Gasteiger charge is 2.18. The molecule has 1 N–H and O–H groups in total. The van der Waals surface area contributed by atoms with Crippen molar-refractivity contribution >= 4 is 23.4 Å². The number of amides is 1. The number of nitriles is 1. The van der Waals surface area contributed by atoms with Crippen LogP contribution in [0.2, 0.25) is 0 Å². The highest BCUT2D eigenvalue weighted by Crippen LogP contribution is 2.35. The average molecular weight is 411 g/mol. The number of benzene rings is 3. The van der Waals surface area contributed by atoms with Gasteiger partial charge in [0.05, 0.1) is 17.4 Å². The fourth-order valence-electron chi connectivity index (χ4n) is 2.93. The number of thioether (sulfide) groups is 1. The zero-order valence-electron chi connectivity index (χ0n) is 15.9. The molecule has 1 aromatic heterocycles. The third kappa shape index (κ3) is 4.59. The molecule has 0 fully saturated rings. The molecule has 3 aromatic carbocycles. The molecule has 0 aliphatic carbocycles. The number of oxazole rings is 1. The van der Waals surface area contributed by atoms with Crippen molar-refractivity contribution < 1.29 is 9.21 Å². The summed E-state index contributed by atoms with van der Waals surface area (Å²) in [5.74, 6) is 0.613. The molecular weight excluding hydrogens is 394 g/mol. The molecule has 6 heteroatoms. The summed E-state index contributed by atoms with van der Waals surface area (Å²) in [6, 6.07) is 28.4. The monoisotopic (exact) mass is 411 g/mol. The summed E-state index contributed by atoms with van der Waals surface area (Å²) in [5.41, 5.74) is 3.69. The molecule has 0 bridgehead atoms. The third-order valence-corrected chi connectivity index (χ3v) is 5.12. The van der Waals surface area contributed by atoms with E-state index in [0.717, 1.165) is 16.8 Å². The lowest BCUT2D eigenvalue weighted by Crippen LogP contribution is -2.14. The van der Waals surface area contributed by atoms with E-state index in [-0.39, 0.29) is 11.7 Å². The minimum atomic E-state index is -0.198. The predicted octanol–water partition coefficient (Wildman–Crippen LogP) is 5.61. The quantitative estimate of drug-likeness (QED) is 0.417. The highest BCUT2D eigenvalue weighted by atomic mass is 32.2. The molecule has 4 rings (SSSR count). The molecule has 0 radical (unpaired) electrons. The van der Waals surface area contributed by atoms with Crippen molar-refractivity contribution in [3.05, 3.63) is 90.5 Å². The lowest BCUT2D eigenvalue weighted by atomic mass is 10.1. The molecule has 0 aliphatic rings. The molecule has 0 unspecified atom stereocenters. The smallest absolute Gasteiger partial charge is 0.257 e. The molecule has 4 aromatic rings. The minimum absolute atomic E-state index is 0.139. The number of rotatable bonds is 6. The van der Waals surface area contributed by atoms with Crippen LogP contribution in [0.4, 0.5) is 5.69 Å². The number of carbonyl (C=O) groups excluding carboxylic acids is 1. The van der Waals surface area contributed by atoms with Crippen molar-refractivity contribution in [2.24, 2.45) is 0 Å². The van der Waals surface area contributed by atoms with E-state index < -0.39 is 0 Å². The molecule has 0 spiro atoms. The van der Waals surface area contributed by atoms with E-state index in [1.54, 1.807) is 24.3 Å². The molecule has 0 aliphatic heterocycles. The van der Waals surface area contributed by atoms with Crippen LogP contribution in [0.15, 0.2) is 94.6 Å². The van der Waals surface area contributed by atoms with Gasteiger partial charge in [0.1, 0.15) is 5.69 Å². The van der Waals surface area contributed by atoms with Crippen LogP contribution < -0.4 is 5.32 Å². The van der Waals surface area contributed by atoms with E-state index in [1.807, 2.05) is 60.7 Å². The Labute approximate surface area is 178 Å². The first-order valence-electron chi connectivity index (χ1n) is 9.27. The number of hydrogen-bond donors (Lipinski definition) is 1. The maximum absolute atomic E-state index is 12.3. The summed E-state index contributed by atoms with van der Waals surface area (Å²) in [4.78, 5) is 17.0. The Hall–Kier alpha value is -3.82. The van der Waals surface area contributed by atoms with Crippen LogP contribution in [0.5, 0.6) is 0 Å². The fraction of sp³-hybridized carbons (Fsp3) is 0.0417. The van der Waals surface area contributed by atoms with E-state index >= 15 is 0 Å². The third-order valence-electron chi connectivity index (χ3n) is 4.29. The van der Waals surface area contributed by atoms with Gasteiger partial charge in [-0.2, -0.15) is 5.26 Å². The number of aromatic nitrogens is 1. The fourth-order valence-corrected chi connectivity index (χ4v) is 3.55. The van der Waals surface area contributed by atoms with Crippen molar-refractivity contribution in [3.8, 4) is 28.7 Å². The average Bonchev–Trinajstić information content (AvgIpc) is 3.23. The van der Waals surface area contributed by atoms with Crippen molar-refractivity contribution in [1.29, 1.82) is 5.26 Å². The molecule has 0 saturated heterocycles. The van der Waals surface area contributed by atoms with E-state index in [9.17, 15) is 4.79 Å². The number of carbonyl (C=O) groups is 1. The van der Waals surface area contributed by atoms with Gasteiger partial charge in [0.25, 0.3) is 5.22 Å². The molecule has 0 saturated carbocycles. The van der Waals surface area contributed by atoms with Gasteiger partial charge >= 0.3 is 0 Å². The number of nitrogens with one attached hydrogen (secondary N) is 1. The van der Waals surface area contributed by atoms with Crippen molar-refractivity contribution in [3.63, 3.8) is 0 Å². The Kier molecular flexibility index (Phi) is 5.93. The van der Waals surface area contributed by atoms with E-state index in [0.29, 0.717) is 22.2 Å². The number of nitrogens with zero attached hydrogens (tertiary/aromatic N) is 2. The summed E-state index contributed by atoms with van der Waals surface area (Å²) in [5, 5.41) is 12.2. The van der Waals surface area contributed by atoms with Gasteiger partial charge in [-0.05, 0) is 18.2 Å². The van der Waals surface area contributed by atoms with Crippen LogP contribution in [0.3, 0.4) is 0 Å². The van der Waals surface area contributed by atoms with E-state index in [4.69, 9.17) is 9.68 Å². The van der Waals surface area contributed by atoms with E-state index in [1.165, 1.54) is 11.8 Å². The Morgan fingerprint density at radius 3 is 2.37 bits per heavy atom. The zero-order valence-corrected chi connectivity index (χ0v) is 16.7. The topological polar surface area (TPSA) is 78.9 Å². The highest BCUT2D eigenvalue weighted by molar-refractivity contribution is 7.99. The maximum atomic E-state index is 12.3. The second-order valence-corrected chi connectivity index (χ2v) is 7.35. The van der Waals surface area contributed by atoms with Crippen LogP contribution in [-0.2, 0) is 4.79 Å². The van der Waals surface area contributed by atoms with Crippen molar-refractivity contribution in [1.82, 2.24) is 4.98 Å². The lowest BCUT2D eigenvalue weighted by Gasteiger charge is -2.04. The minimum Gasteiger partial charge on any atom is -0.431 e. The standard InChI is InChI=1S/C24H17N3O2S/c25-15-17-8-7-13-20(14-17)26-21(28)16-30-24-27-22(18-9-3-1-4-10-18)23(29-24)19-11-5-2-6-12-19/h1-14H,16H2,(H,26,28). The summed E-state index contributed by atoms with van der Waals surface area (Å²) < 4.78 is 6.02. The Morgan fingerprint density at radius 2 is 1.67 bits per heavy atom. The molecule has 1 heterocycles. The molecular formula is C24H17N3O2S. The normalized spacial score (nSPS) is 10.4. The van der Waals surface area contributed by atoms with Crippen molar-refractivity contribution in [2.45, 2.75) is 5.22 Å². The van der Waals surface area contributed by atoms with Crippen LogP contribution in [-0.4, -0.2) is 16.6 Å². The van der Waals surface area contributed by atoms with Crippen LogP contribution in [0.1, 0.15) is 5.56 Å². The van der Waals surface area contributed by atoms with Gasteiger partial charge in [-0.25, -0.2) is 4.98 Å². The van der Waals surface area contributed by atoms with Gasteiger partial charge in [-0.3, -0.25) is 4.79 Å². The van der Waals surface area contributed by atoms with Gasteiger partial charge in [0.2, 0.25) is 5.91 Å². The maximum Gasteiger partial charge on any atom is 0.257 e. The van der Waals surface area contributed by atoms with Gasteiger partial charge in [0, 0.05) is 16.8 Å². The predicted molar refractivity (Wildman–Crippen MR) is 118 cm³/mol. The van der Waals surface area contributed by atoms with Gasteiger partial charge in [-0.15, -0.1) is 0 Å². The largest absolute Gasteiger partial charge is 0.431 e. The summed E-state index contributed by atoms with van der Waals surface area (Å²) in [6.45, 7) is 0. The first-order valence-corrected chi connectivity index (χ1v) is 10.3. The molecule has 0 atom stereocenters. The molecule has 1 amide bonds. The van der Waals surface area contributed by atoms with Gasteiger partial charge in [-0.1, -0.05) is 78.5 Å². The van der Waals surface area contributed by atoms with E-state index in [2.05, 4.69) is 16.4 Å². The summed E-state index contributed by atoms with van der Waals surface area (Å²) in [7, 11) is 0. The summed E-state index contributed by atoms with van der Waals surface area (Å²) in [6.07, 6.45) is 0. The Balaban J connectivity index is 1.52. The van der Waals surface area contributed by atoms with Gasteiger partial charge < -0.3 is 9.73 Å². The second-order valence-electron chi connectivity index (χ2n) is 6.42. The first-order chi connectivity index (χ1) is 14.7. The molecule has 30 heavy (non-hydrogen) atoms. The Bertz CT molecular complexity index is 1140. The second kappa shape index (κ2) is 9.12. The van der Waals surface area contributed by atoms with Crippen LogP contribution in [0, 0.1) is 11.3 Å². The number of hydrogen-bond acceptors (Lipinski definition) is 5. The first kappa shape index (κ1) is 19.5. The van der Waals surface area contributed by atoms with Gasteiger partial charge in [0.15, 0.2) is 5.76 Å². The molecule has 146 valence electrons. The lowest BCUT2D eigenvalue weighted by molar-refractivity contribution is -0.113. The zero-order chi connectivity index (χ0) is 20.8. The number of anilines is 1. The summed E-state index contributed by atoms with van der Waals surface area (Å²) >= 11 is 1.23.